The van der Waals surface area contributed by atoms with Gasteiger partial charge in [-0.15, -0.1) is 0 Å². The normalized spacial score (nSPS) is 13.3. The van der Waals surface area contributed by atoms with E-state index in [9.17, 15) is 4.79 Å². The Hall–Kier alpha value is -3.56. The zero-order valence-corrected chi connectivity index (χ0v) is 19.8. The Kier molecular flexibility index (Phi) is 7.66. The van der Waals surface area contributed by atoms with Crippen LogP contribution in [0, 0.1) is 0 Å². The Morgan fingerprint density at radius 2 is 2.03 bits per heavy atom. The second-order valence-electron chi connectivity index (χ2n) is 7.49. The van der Waals surface area contributed by atoms with Crippen molar-refractivity contribution in [2.75, 3.05) is 48.9 Å². The Morgan fingerprint density at radius 1 is 1.21 bits per heavy atom. The average Bonchev–Trinajstić information content (AvgIpc) is 2.87. The van der Waals surface area contributed by atoms with Crippen molar-refractivity contribution in [3.63, 3.8) is 0 Å². The van der Waals surface area contributed by atoms with Gasteiger partial charge in [0.1, 0.15) is 16.5 Å². The van der Waals surface area contributed by atoms with Gasteiger partial charge >= 0.3 is 0 Å². The number of benzene rings is 2. The van der Waals surface area contributed by atoms with Gasteiger partial charge in [-0.05, 0) is 24.3 Å². The molecule has 9 nitrogen and oxygen atoms in total. The first-order chi connectivity index (χ1) is 16.6. The Bertz CT molecular complexity index is 1150. The predicted molar refractivity (Wildman–Crippen MR) is 132 cm³/mol. The third-order valence-electron chi connectivity index (χ3n) is 5.17. The van der Waals surface area contributed by atoms with Gasteiger partial charge in [0.15, 0.2) is 0 Å². The lowest BCUT2D eigenvalue weighted by atomic mass is 10.2. The van der Waals surface area contributed by atoms with Crippen LogP contribution < -0.4 is 25.0 Å². The number of methoxy groups -OCH3 is 1. The predicted octanol–water partition coefficient (Wildman–Crippen LogP) is 4.86. The first kappa shape index (κ1) is 23.6. The second-order valence-corrected chi connectivity index (χ2v) is 7.89. The van der Waals surface area contributed by atoms with Gasteiger partial charge in [-0.25, -0.2) is 4.98 Å². The standard InChI is InChI=1S/C24H26ClN5O4/c1-3-22(31)27-16-5-4-6-18(13-16)34-23-19(25)15-26-24(29-23)28-20-8-7-17(14-21(20)32-2)30-9-11-33-12-10-30/h4-8,13-15H,3,9-12H2,1-2H3,(H,27,31)(H,26,28,29). The Morgan fingerprint density at radius 3 is 2.79 bits per heavy atom. The maximum Gasteiger partial charge on any atom is 0.243 e. The van der Waals surface area contributed by atoms with Gasteiger partial charge in [0.2, 0.25) is 17.7 Å². The molecule has 1 aliphatic heterocycles. The molecule has 2 N–H and O–H groups in total. The average molecular weight is 484 g/mol. The SMILES string of the molecule is CCC(=O)Nc1cccc(Oc2nc(Nc3ccc(N4CCOCC4)cc3OC)ncc2Cl)c1. The molecule has 0 aliphatic carbocycles. The van der Waals surface area contributed by atoms with Crippen LogP contribution in [0.5, 0.6) is 17.4 Å². The number of carbonyl (C=O) groups excluding carboxylic acids is 1. The lowest BCUT2D eigenvalue weighted by Gasteiger charge is -2.29. The number of carbonyl (C=O) groups is 1. The number of hydrogen-bond acceptors (Lipinski definition) is 8. The Labute approximate surface area is 203 Å². The Balaban J connectivity index is 1.51. The van der Waals surface area contributed by atoms with Crippen LogP contribution >= 0.6 is 11.6 Å². The van der Waals surface area contributed by atoms with E-state index >= 15 is 0 Å². The van der Waals surface area contributed by atoms with E-state index in [4.69, 9.17) is 25.8 Å². The zero-order valence-electron chi connectivity index (χ0n) is 19.0. The van der Waals surface area contributed by atoms with E-state index in [-0.39, 0.29) is 16.8 Å². The maximum atomic E-state index is 11.7. The van der Waals surface area contributed by atoms with Crippen LogP contribution in [0.25, 0.3) is 0 Å². The highest BCUT2D eigenvalue weighted by molar-refractivity contribution is 6.31. The molecule has 2 aromatic carbocycles. The van der Waals surface area contributed by atoms with Crippen LogP contribution in [0.1, 0.15) is 13.3 Å². The quantitative estimate of drug-likeness (QED) is 0.468. The van der Waals surface area contributed by atoms with Crippen LogP contribution in [-0.2, 0) is 9.53 Å². The minimum atomic E-state index is -0.0858. The fourth-order valence-electron chi connectivity index (χ4n) is 3.40. The molecule has 0 atom stereocenters. The van der Waals surface area contributed by atoms with Crippen molar-refractivity contribution in [1.82, 2.24) is 9.97 Å². The highest BCUT2D eigenvalue weighted by Gasteiger charge is 2.15. The number of nitrogens with zero attached hydrogens (tertiary/aromatic N) is 3. The molecule has 0 spiro atoms. The number of nitrogens with one attached hydrogen (secondary N) is 2. The molecule has 0 bridgehead atoms. The van der Waals surface area contributed by atoms with Crippen molar-refractivity contribution in [3.8, 4) is 17.4 Å². The van der Waals surface area contributed by atoms with Gasteiger partial charge in [-0.3, -0.25) is 4.79 Å². The van der Waals surface area contributed by atoms with Crippen molar-refractivity contribution >= 4 is 40.5 Å². The molecule has 2 heterocycles. The van der Waals surface area contributed by atoms with Gasteiger partial charge in [-0.1, -0.05) is 24.6 Å². The fourth-order valence-corrected chi connectivity index (χ4v) is 3.53. The summed E-state index contributed by atoms with van der Waals surface area (Å²) < 4.78 is 16.9. The molecule has 1 saturated heterocycles. The largest absolute Gasteiger partial charge is 0.494 e. The molecule has 178 valence electrons. The summed E-state index contributed by atoms with van der Waals surface area (Å²) in [6.07, 6.45) is 1.85. The molecule has 3 aromatic rings. The van der Waals surface area contributed by atoms with Crippen molar-refractivity contribution in [2.45, 2.75) is 13.3 Å². The van der Waals surface area contributed by atoms with Gasteiger partial charge in [0.05, 0.1) is 32.2 Å². The number of amides is 1. The molecule has 0 radical (unpaired) electrons. The van der Waals surface area contributed by atoms with Gasteiger partial charge in [-0.2, -0.15) is 4.98 Å². The van der Waals surface area contributed by atoms with Crippen molar-refractivity contribution in [2.24, 2.45) is 0 Å². The first-order valence-corrected chi connectivity index (χ1v) is 11.3. The lowest BCUT2D eigenvalue weighted by Crippen LogP contribution is -2.36. The molecule has 0 saturated carbocycles. The van der Waals surface area contributed by atoms with Gasteiger partial charge in [0, 0.05) is 43.0 Å². The smallest absolute Gasteiger partial charge is 0.243 e. The minimum absolute atomic E-state index is 0.0858. The summed E-state index contributed by atoms with van der Waals surface area (Å²) in [5.74, 6) is 1.53. The molecule has 1 aliphatic rings. The van der Waals surface area contributed by atoms with E-state index in [0.717, 1.165) is 18.8 Å². The summed E-state index contributed by atoms with van der Waals surface area (Å²) in [5.41, 5.74) is 2.39. The summed E-state index contributed by atoms with van der Waals surface area (Å²) in [7, 11) is 1.62. The summed E-state index contributed by atoms with van der Waals surface area (Å²) in [5, 5.41) is 6.21. The van der Waals surface area contributed by atoms with Crippen LogP contribution in [0.3, 0.4) is 0 Å². The zero-order chi connectivity index (χ0) is 23.9. The van der Waals surface area contributed by atoms with E-state index in [1.807, 2.05) is 18.2 Å². The summed E-state index contributed by atoms with van der Waals surface area (Å²) in [6.45, 7) is 4.87. The third-order valence-corrected chi connectivity index (χ3v) is 5.43. The molecule has 0 unspecified atom stereocenters. The number of halogens is 1. The summed E-state index contributed by atoms with van der Waals surface area (Å²) >= 11 is 6.27. The number of ether oxygens (including phenoxy) is 3. The van der Waals surface area contributed by atoms with Crippen molar-refractivity contribution in [3.05, 3.63) is 53.7 Å². The van der Waals surface area contributed by atoms with Crippen molar-refractivity contribution < 1.29 is 19.0 Å². The molecule has 1 amide bonds. The van der Waals surface area contributed by atoms with E-state index < -0.39 is 0 Å². The van der Waals surface area contributed by atoms with Crippen LogP contribution in [0.4, 0.5) is 23.0 Å². The molecule has 4 rings (SSSR count). The number of anilines is 4. The number of aromatic nitrogens is 2. The second kappa shape index (κ2) is 11.0. The number of rotatable bonds is 8. The van der Waals surface area contributed by atoms with Crippen LogP contribution in [0.15, 0.2) is 48.7 Å². The molecule has 34 heavy (non-hydrogen) atoms. The summed E-state index contributed by atoms with van der Waals surface area (Å²) in [6, 6.07) is 12.9. The first-order valence-electron chi connectivity index (χ1n) is 10.9. The minimum Gasteiger partial charge on any atom is -0.494 e. The molecular weight excluding hydrogens is 458 g/mol. The molecule has 10 heteroatoms. The lowest BCUT2D eigenvalue weighted by molar-refractivity contribution is -0.115. The third kappa shape index (κ3) is 5.86. The fraction of sp³-hybridized carbons (Fsp3) is 0.292. The van der Waals surface area contributed by atoms with Crippen molar-refractivity contribution in [1.29, 1.82) is 0 Å². The number of morpholine rings is 1. The molecule has 1 fully saturated rings. The molecule has 1 aromatic heterocycles. The van der Waals surface area contributed by atoms with Crippen LogP contribution in [0.2, 0.25) is 5.02 Å². The topological polar surface area (TPSA) is 97.8 Å². The van der Waals surface area contributed by atoms with Gasteiger partial charge in [0.25, 0.3) is 0 Å². The monoisotopic (exact) mass is 483 g/mol. The van der Waals surface area contributed by atoms with E-state index in [0.29, 0.717) is 48.5 Å². The summed E-state index contributed by atoms with van der Waals surface area (Å²) in [4.78, 5) is 22.6. The van der Waals surface area contributed by atoms with E-state index in [1.54, 1.807) is 38.3 Å². The van der Waals surface area contributed by atoms with E-state index in [1.165, 1.54) is 6.20 Å². The highest BCUT2D eigenvalue weighted by Crippen LogP contribution is 2.34. The van der Waals surface area contributed by atoms with E-state index in [2.05, 4.69) is 25.5 Å². The molecular formula is C24H26ClN5O4. The highest BCUT2D eigenvalue weighted by atomic mass is 35.5. The maximum absolute atomic E-state index is 11.7. The van der Waals surface area contributed by atoms with Gasteiger partial charge < -0.3 is 29.7 Å². The van der Waals surface area contributed by atoms with Crippen LogP contribution in [-0.4, -0.2) is 49.3 Å². The number of hydrogen-bond donors (Lipinski definition) is 2.